The molecule has 0 aliphatic carbocycles. The summed E-state index contributed by atoms with van der Waals surface area (Å²) >= 11 is 0. The van der Waals surface area contributed by atoms with E-state index in [2.05, 4.69) is 0 Å². The predicted molar refractivity (Wildman–Crippen MR) is 76.5 cm³/mol. The zero-order valence-electron chi connectivity index (χ0n) is 12.8. The minimum atomic E-state index is -1.53. The topological polar surface area (TPSA) is 55.8 Å². The van der Waals surface area contributed by atoms with Gasteiger partial charge in [0, 0.05) is 0 Å². The van der Waals surface area contributed by atoms with Crippen molar-refractivity contribution >= 4 is 17.4 Å². The van der Waals surface area contributed by atoms with Crippen LogP contribution in [0, 0.1) is 13.8 Å². The van der Waals surface area contributed by atoms with Crippen LogP contribution in [0.2, 0.25) is 0 Å². The van der Waals surface area contributed by atoms with E-state index < -0.39 is 11.5 Å². The first-order valence-corrected chi connectivity index (χ1v) is 6.30. The smallest absolute Gasteiger partial charge is 0.341 e. The molecule has 1 rings (SSSR count). The third-order valence-corrected chi connectivity index (χ3v) is 3.50. The Morgan fingerprint density at radius 1 is 1.15 bits per heavy atom. The van der Waals surface area contributed by atoms with Gasteiger partial charge in [0.2, 0.25) is 5.54 Å². The van der Waals surface area contributed by atoms with Gasteiger partial charge in [0.15, 0.2) is 5.78 Å². The number of ether oxygens (including phenoxy) is 1. The lowest BCUT2D eigenvalue weighted by molar-refractivity contribution is -0.153. The number of aryl methyl sites for hydroxylation is 2. The highest BCUT2D eigenvalue weighted by atomic mass is 16.7. The number of hydrogen-bond donors (Lipinski definition) is 0. The van der Waals surface area contributed by atoms with Crippen molar-refractivity contribution in [3.8, 4) is 0 Å². The average molecular weight is 279 g/mol. The lowest BCUT2D eigenvalue weighted by atomic mass is 9.94. The highest BCUT2D eigenvalue weighted by molar-refractivity contribution is 6.10. The average Bonchev–Trinajstić information content (AvgIpc) is 2.41. The van der Waals surface area contributed by atoms with Crippen molar-refractivity contribution < 1.29 is 19.2 Å². The number of anilines is 1. The van der Waals surface area contributed by atoms with Crippen molar-refractivity contribution in [1.82, 2.24) is 0 Å². The van der Waals surface area contributed by atoms with Crippen molar-refractivity contribution in [2.75, 3.05) is 19.3 Å². The van der Waals surface area contributed by atoms with Crippen LogP contribution in [0.4, 0.5) is 5.69 Å². The van der Waals surface area contributed by atoms with Crippen molar-refractivity contribution in [3.63, 3.8) is 0 Å². The van der Waals surface area contributed by atoms with E-state index in [4.69, 9.17) is 9.57 Å². The summed E-state index contributed by atoms with van der Waals surface area (Å²) in [6.45, 7) is 6.63. The third-order valence-electron chi connectivity index (χ3n) is 3.50. The maximum atomic E-state index is 12.1. The largest absolute Gasteiger partial charge is 0.467 e. The summed E-state index contributed by atoms with van der Waals surface area (Å²) in [5.41, 5.74) is 0.977. The van der Waals surface area contributed by atoms with Crippen LogP contribution < -0.4 is 5.06 Å². The van der Waals surface area contributed by atoms with Crippen LogP contribution in [-0.4, -0.2) is 31.5 Å². The molecule has 0 spiro atoms. The van der Waals surface area contributed by atoms with Gasteiger partial charge in [-0.25, -0.2) is 9.86 Å². The molecule has 0 aromatic heterocycles. The molecule has 0 bridgehead atoms. The molecule has 1 aromatic carbocycles. The zero-order chi connectivity index (χ0) is 15.5. The Kier molecular flexibility index (Phi) is 4.89. The molecule has 5 nitrogen and oxygen atoms in total. The maximum absolute atomic E-state index is 12.1. The zero-order valence-corrected chi connectivity index (χ0v) is 12.8. The fourth-order valence-electron chi connectivity index (χ4n) is 2.19. The Hall–Kier alpha value is -1.88. The van der Waals surface area contributed by atoms with Gasteiger partial charge >= 0.3 is 5.97 Å². The number of hydrogen-bond acceptors (Lipinski definition) is 5. The first-order chi connectivity index (χ1) is 9.30. The van der Waals surface area contributed by atoms with Gasteiger partial charge in [-0.05, 0) is 38.8 Å². The van der Waals surface area contributed by atoms with Crippen LogP contribution in [0.15, 0.2) is 18.2 Å². The summed E-state index contributed by atoms with van der Waals surface area (Å²) in [5, 5.41) is 1.33. The van der Waals surface area contributed by atoms with Gasteiger partial charge in [0.1, 0.15) is 0 Å². The van der Waals surface area contributed by atoms with Gasteiger partial charge in [-0.15, -0.1) is 0 Å². The van der Waals surface area contributed by atoms with Crippen LogP contribution in [0.5, 0.6) is 0 Å². The van der Waals surface area contributed by atoms with Crippen molar-refractivity contribution in [2.45, 2.75) is 33.2 Å². The predicted octanol–water partition coefficient (Wildman–Crippen LogP) is 2.19. The Bertz CT molecular complexity index is 506. The number of ketones is 1. The minimum Gasteiger partial charge on any atom is -0.467 e. The molecular formula is C15H21NO4. The molecule has 1 unspecified atom stereocenters. The van der Waals surface area contributed by atoms with Crippen molar-refractivity contribution in [1.29, 1.82) is 0 Å². The molecule has 0 aliphatic rings. The van der Waals surface area contributed by atoms with Gasteiger partial charge in [-0.1, -0.05) is 18.2 Å². The van der Waals surface area contributed by atoms with Gasteiger partial charge in [-0.3, -0.25) is 9.63 Å². The molecule has 110 valence electrons. The molecule has 0 amide bonds. The highest BCUT2D eigenvalue weighted by Crippen LogP contribution is 2.32. The van der Waals surface area contributed by atoms with Crippen LogP contribution in [0.25, 0.3) is 0 Å². The minimum absolute atomic E-state index is 0.353. The van der Waals surface area contributed by atoms with Crippen molar-refractivity contribution in [3.05, 3.63) is 29.3 Å². The van der Waals surface area contributed by atoms with E-state index in [0.717, 1.165) is 11.1 Å². The fraction of sp³-hybridized carbons (Fsp3) is 0.467. The fourth-order valence-corrected chi connectivity index (χ4v) is 2.19. The number of esters is 1. The number of carbonyl (C=O) groups excluding carboxylic acids is 2. The number of para-hydroxylation sites is 1. The molecule has 0 saturated heterocycles. The van der Waals surface area contributed by atoms with Crippen molar-refractivity contribution in [2.24, 2.45) is 0 Å². The first-order valence-electron chi connectivity index (χ1n) is 6.30. The highest BCUT2D eigenvalue weighted by Gasteiger charge is 2.47. The van der Waals surface area contributed by atoms with E-state index in [1.165, 1.54) is 33.1 Å². The molecule has 0 heterocycles. The van der Waals surface area contributed by atoms with E-state index in [9.17, 15) is 9.59 Å². The monoisotopic (exact) mass is 279 g/mol. The molecule has 5 heteroatoms. The Morgan fingerprint density at radius 2 is 1.65 bits per heavy atom. The van der Waals surface area contributed by atoms with Gasteiger partial charge < -0.3 is 4.74 Å². The Balaban J connectivity index is 3.50. The lowest BCUT2D eigenvalue weighted by Crippen LogP contribution is -2.58. The number of rotatable bonds is 5. The maximum Gasteiger partial charge on any atom is 0.341 e. The number of benzene rings is 1. The summed E-state index contributed by atoms with van der Waals surface area (Å²) in [7, 11) is 2.68. The quantitative estimate of drug-likeness (QED) is 0.470. The number of Topliss-reactive ketones (excluding diaryl/α,β-unsaturated/α-hetero) is 1. The van der Waals surface area contributed by atoms with Gasteiger partial charge in [0.05, 0.1) is 19.9 Å². The third kappa shape index (κ3) is 2.54. The van der Waals surface area contributed by atoms with E-state index in [-0.39, 0.29) is 5.78 Å². The van der Waals surface area contributed by atoms with Gasteiger partial charge in [-0.2, -0.15) is 0 Å². The van der Waals surface area contributed by atoms with Crippen LogP contribution in [-0.2, 0) is 19.2 Å². The molecule has 1 aromatic rings. The molecule has 0 fully saturated rings. The van der Waals surface area contributed by atoms with Crippen LogP contribution >= 0.6 is 0 Å². The lowest BCUT2D eigenvalue weighted by Gasteiger charge is -2.37. The Labute approximate surface area is 119 Å². The van der Waals surface area contributed by atoms with E-state index >= 15 is 0 Å². The number of hydroxylamine groups is 1. The normalized spacial score (nSPS) is 13.5. The van der Waals surface area contributed by atoms with E-state index in [1.54, 1.807) is 0 Å². The summed E-state index contributed by atoms with van der Waals surface area (Å²) in [6, 6.07) is 5.70. The second-order valence-electron chi connectivity index (χ2n) is 4.84. The summed E-state index contributed by atoms with van der Waals surface area (Å²) in [6.07, 6.45) is 0. The molecule has 1 atom stereocenters. The molecule has 0 radical (unpaired) electrons. The van der Waals surface area contributed by atoms with Crippen LogP contribution in [0.1, 0.15) is 25.0 Å². The second-order valence-corrected chi connectivity index (χ2v) is 4.84. The molecule has 0 saturated carbocycles. The SMILES string of the molecule is COC(=O)C(C)(C(C)=O)N(OC)c1c(C)cccc1C. The standard InChI is InChI=1S/C15H21NO4/c1-10-8-7-9-11(2)13(10)16(20-6)15(4,12(3)17)14(18)19-5/h7-9H,1-6H3. The van der Waals surface area contributed by atoms with E-state index in [1.807, 2.05) is 32.0 Å². The number of carbonyl (C=O) groups is 2. The first kappa shape index (κ1) is 16.2. The Morgan fingerprint density at radius 3 is 2.00 bits per heavy atom. The summed E-state index contributed by atoms with van der Waals surface area (Å²) in [5.74, 6) is -1.01. The number of nitrogens with zero attached hydrogens (tertiary/aromatic N) is 1. The molecule has 0 N–H and O–H groups in total. The second kappa shape index (κ2) is 6.05. The van der Waals surface area contributed by atoms with Gasteiger partial charge in [0.25, 0.3) is 0 Å². The number of methoxy groups -OCH3 is 1. The van der Waals surface area contributed by atoms with E-state index in [0.29, 0.717) is 5.69 Å². The summed E-state index contributed by atoms with van der Waals surface area (Å²) in [4.78, 5) is 29.5. The summed E-state index contributed by atoms with van der Waals surface area (Å²) < 4.78 is 4.78. The molecular weight excluding hydrogens is 258 g/mol. The van der Waals surface area contributed by atoms with Crippen LogP contribution in [0.3, 0.4) is 0 Å². The molecule has 0 aliphatic heterocycles. The molecule has 20 heavy (non-hydrogen) atoms.